The minimum absolute atomic E-state index is 0.294. The maximum Gasteiger partial charge on any atom is 0.246 e. The lowest BCUT2D eigenvalue weighted by atomic mass is 9.87. The van der Waals surface area contributed by atoms with Crippen LogP contribution in [0.2, 0.25) is 5.02 Å². The molecule has 1 aromatic heterocycles. The third-order valence-corrected chi connectivity index (χ3v) is 5.32. The third-order valence-electron chi connectivity index (χ3n) is 5.08. The van der Waals surface area contributed by atoms with Crippen LogP contribution in [-0.4, -0.2) is 54.4 Å². The highest BCUT2D eigenvalue weighted by molar-refractivity contribution is 6.30. The van der Waals surface area contributed by atoms with Crippen molar-refractivity contribution < 1.29 is 9.26 Å². The van der Waals surface area contributed by atoms with Crippen molar-refractivity contribution in [2.24, 2.45) is 10.4 Å². The first kappa shape index (κ1) is 17.3. The van der Waals surface area contributed by atoms with Gasteiger partial charge in [0.1, 0.15) is 0 Å². The average Bonchev–Trinajstić information content (AvgIpc) is 3.39. The summed E-state index contributed by atoms with van der Waals surface area (Å²) in [5.74, 6) is 1.90. The Labute approximate surface area is 157 Å². The molecule has 2 aromatic rings. The quantitative estimate of drug-likeness (QED) is 0.656. The number of aliphatic imine (C=N–C) groups is 1. The van der Waals surface area contributed by atoms with E-state index in [1.54, 1.807) is 7.05 Å². The standard InChI is InChI=1S/C18H22ClN5O2/c1-20-17(24-7-5-18(11-24)6-8-25-12-18)21-10-15-22-16(23-26-15)13-3-2-4-14(19)9-13/h2-4,9H,5-8,10-12H2,1H3,(H,20,21). The highest BCUT2D eigenvalue weighted by Crippen LogP contribution is 2.38. The number of benzene rings is 1. The monoisotopic (exact) mass is 375 g/mol. The molecule has 0 amide bonds. The lowest BCUT2D eigenvalue weighted by molar-refractivity contribution is 0.156. The molecule has 3 heterocycles. The largest absolute Gasteiger partial charge is 0.381 e. The van der Waals surface area contributed by atoms with E-state index in [1.165, 1.54) is 0 Å². The number of halogens is 1. The summed E-state index contributed by atoms with van der Waals surface area (Å²) in [6.07, 6.45) is 2.28. The summed E-state index contributed by atoms with van der Waals surface area (Å²) in [6.45, 7) is 4.12. The summed E-state index contributed by atoms with van der Waals surface area (Å²) in [7, 11) is 1.80. The molecule has 26 heavy (non-hydrogen) atoms. The summed E-state index contributed by atoms with van der Waals surface area (Å²) in [6, 6.07) is 7.40. The first-order valence-electron chi connectivity index (χ1n) is 8.79. The van der Waals surface area contributed by atoms with Crippen LogP contribution in [0.4, 0.5) is 0 Å². The molecule has 1 atom stereocenters. The number of nitrogens with one attached hydrogen (secondary N) is 1. The van der Waals surface area contributed by atoms with Crippen molar-refractivity contribution >= 4 is 17.6 Å². The van der Waals surface area contributed by atoms with Crippen LogP contribution in [0.25, 0.3) is 11.4 Å². The molecule has 1 aromatic carbocycles. The van der Waals surface area contributed by atoms with Crippen molar-refractivity contribution in [3.63, 3.8) is 0 Å². The van der Waals surface area contributed by atoms with Crippen LogP contribution in [0, 0.1) is 5.41 Å². The van der Waals surface area contributed by atoms with Gasteiger partial charge in [-0.3, -0.25) is 4.99 Å². The molecule has 1 spiro atoms. The summed E-state index contributed by atoms with van der Waals surface area (Å²) < 4.78 is 10.9. The molecule has 2 aliphatic heterocycles. The summed E-state index contributed by atoms with van der Waals surface area (Å²) in [5, 5.41) is 8.00. The lowest BCUT2D eigenvalue weighted by Gasteiger charge is -2.24. The van der Waals surface area contributed by atoms with E-state index in [4.69, 9.17) is 20.9 Å². The van der Waals surface area contributed by atoms with Crippen LogP contribution in [0.1, 0.15) is 18.7 Å². The number of ether oxygens (including phenoxy) is 1. The number of aromatic nitrogens is 2. The molecule has 138 valence electrons. The first-order valence-corrected chi connectivity index (χ1v) is 9.17. The Morgan fingerprint density at radius 2 is 2.35 bits per heavy atom. The van der Waals surface area contributed by atoms with E-state index in [9.17, 15) is 0 Å². The molecule has 2 aliphatic rings. The van der Waals surface area contributed by atoms with Gasteiger partial charge in [0.05, 0.1) is 13.2 Å². The Bertz CT molecular complexity index is 800. The SMILES string of the molecule is CN=C(NCc1nc(-c2cccc(Cl)c2)no1)N1CCC2(CCOC2)C1. The van der Waals surface area contributed by atoms with Crippen LogP contribution < -0.4 is 5.32 Å². The zero-order valence-electron chi connectivity index (χ0n) is 14.7. The topological polar surface area (TPSA) is 75.8 Å². The first-order chi connectivity index (χ1) is 12.7. The van der Waals surface area contributed by atoms with Gasteiger partial charge in [0.15, 0.2) is 5.96 Å². The molecule has 4 rings (SSSR count). The Kier molecular flexibility index (Phi) is 4.82. The van der Waals surface area contributed by atoms with Crippen LogP contribution in [0.3, 0.4) is 0 Å². The van der Waals surface area contributed by atoms with Crippen molar-refractivity contribution in [3.8, 4) is 11.4 Å². The number of guanidine groups is 1. The van der Waals surface area contributed by atoms with Gasteiger partial charge in [-0.15, -0.1) is 0 Å². The number of hydrogen-bond acceptors (Lipinski definition) is 5. The van der Waals surface area contributed by atoms with E-state index in [2.05, 4.69) is 25.3 Å². The lowest BCUT2D eigenvalue weighted by Crippen LogP contribution is -2.41. The van der Waals surface area contributed by atoms with Gasteiger partial charge in [-0.25, -0.2) is 0 Å². The van der Waals surface area contributed by atoms with E-state index in [0.29, 0.717) is 28.7 Å². The second-order valence-electron chi connectivity index (χ2n) is 6.90. The van der Waals surface area contributed by atoms with Gasteiger partial charge < -0.3 is 19.5 Å². The predicted octanol–water partition coefficient (Wildman–Crippen LogP) is 2.58. The van der Waals surface area contributed by atoms with Gasteiger partial charge >= 0.3 is 0 Å². The molecule has 8 heteroatoms. The summed E-state index contributed by atoms with van der Waals surface area (Å²) in [4.78, 5) is 11.1. The van der Waals surface area contributed by atoms with Crippen molar-refractivity contribution in [3.05, 3.63) is 35.2 Å². The van der Waals surface area contributed by atoms with E-state index in [1.807, 2.05) is 24.3 Å². The van der Waals surface area contributed by atoms with E-state index in [0.717, 1.165) is 50.7 Å². The molecule has 0 aliphatic carbocycles. The molecule has 2 saturated heterocycles. The van der Waals surface area contributed by atoms with Crippen molar-refractivity contribution in [1.82, 2.24) is 20.4 Å². The van der Waals surface area contributed by atoms with Gasteiger partial charge in [-0.2, -0.15) is 4.98 Å². The minimum atomic E-state index is 0.294. The maximum absolute atomic E-state index is 6.02. The molecular weight excluding hydrogens is 354 g/mol. The molecule has 1 unspecified atom stereocenters. The van der Waals surface area contributed by atoms with Crippen LogP contribution in [0.5, 0.6) is 0 Å². The van der Waals surface area contributed by atoms with Crippen LogP contribution >= 0.6 is 11.6 Å². The molecule has 2 fully saturated rings. The van der Waals surface area contributed by atoms with Gasteiger partial charge in [0.25, 0.3) is 0 Å². The average molecular weight is 376 g/mol. The molecule has 0 radical (unpaired) electrons. The zero-order valence-corrected chi connectivity index (χ0v) is 15.5. The second-order valence-corrected chi connectivity index (χ2v) is 7.33. The van der Waals surface area contributed by atoms with Gasteiger partial charge in [0.2, 0.25) is 11.7 Å². The molecule has 0 bridgehead atoms. The van der Waals surface area contributed by atoms with Crippen molar-refractivity contribution in [1.29, 1.82) is 0 Å². The highest BCUT2D eigenvalue weighted by Gasteiger charge is 2.42. The number of hydrogen-bond donors (Lipinski definition) is 1. The van der Waals surface area contributed by atoms with Crippen LogP contribution in [0.15, 0.2) is 33.8 Å². The fourth-order valence-electron chi connectivity index (χ4n) is 3.65. The molecule has 7 nitrogen and oxygen atoms in total. The Morgan fingerprint density at radius 1 is 1.42 bits per heavy atom. The number of nitrogens with zero attached hydrogens (tertiary/aromatic N) is 4. The summed E-state index contributed by atoms with van der Waals surface area (Å²) >= 11 is 6.02. The fourth-order valence-corrected chi connectivity index (χ4v) is 3.84. The highest BCUT2D eigenvalue weighted by atomic mass is 35.5. The van der Waals surface area contributed by atoms with Crippen LogP contribution in [-0.2, 0) is 11.3 Å². The van der Waals surface area contributed by atoms with E-state index in [-0.39, 0.29) is 0 Å². The number of rotatable bonds is 3. The van der Waals surface area contributed by atoms with E-state index >= 15 is 0 Å². The zero-order chi connectivity index (χ0) is 18.0. The van der Waals surface area contributed by atoms with Gasteiger partial charge in [-0.1, -0.05) is 28.9 Å². The van der Waals surface area contributed by atoms with Gasteiger partial charge in [0, 0.05) is 42.7 Å². The minimum Gasteiger partial charge on any atom is -0.381 e. The third kappa shape index (κ3) is 3.54. The Balaban J connectivity index is 1.37. The smallest absolute Gasteiger partial charge is 0.246 e. The molecule has 1 N–H and O–H groups in total. The second kappa shape index (κ2) is 7.25. The maximum atomic E-state index is 6.02. The number of likely N-dealkylation sites (tertiary alicyclic amines) is 1. The van der Waals surface area contributed by atoms with Gasteiger partial charge in [-0.05, 0) is 25.0 Å². The Morgan fingerprint density at radius 3 is 3.12 bits per heavy atom. The van der Waals surface area contributed by atoms with E-state index < -0.39 is 0 Å². The Hall–Kier alpha value is -2.12. The van der Waals surface area contributed by atoms with Crippen molar-refractivity contribution in [2.45, 2.75) is 19.4 Å². The summed E-state index contributed by atoms with van der Waals surface area (Å²) in [5.41, 5.74) is 1.13. The molecule has 0 saturated carbocycles. The van der Waals surface area contributed by atoms with Crippen molar-refractivity contribution in [2.75, 3.05) is 33.4 Å². The predicted molar refractivity (Wildman–Crippen MR) is 99.0 cm³/mol. The normalized spacial score (nSPS) is 23.2. The fraction of sp³-hybridized carbons (Fsp3) is 0.500. The molecular formula is C18H22ClN5O2.